The van der Waals surface area contributed by atoms with Gasteiger partial charge in [0.05, 0.1) is 27.4 Å². The van der Waals surface area contributed by atoms with Crippen LogP contribution >= 0.6 is 0 Å². The summed E-state index contributed by atoms with van der Waals surface area (Å²) in [6.45, 7) is 3.92. The molecule has 0 aliphatic carbocycles. The minimum absolute atomic E-state index is 0.464. The van der Waals surface area contributed by atoms with Gasteiger partial charge < -0.3 is 19.3 Å². The maximum absolute atomic E-state index is 11.9. The first-order valence-corrected chi connectivity index (χ1v) is 10.2. The minimum atomic E-state index is -1.12. The molecule has 0 aromatic heterocycles. The maximum Gasteiger partial charge on any atom is 0.271 e. The standard InChI is InChI=1S/C23H29N2O4/c1-4-29-19-11-9-18(10-12-19)24-16-23(26,25-14-6-5-7-22(24)25)17-8-13-20(27-2)21(15-17)28-3/h8-13,15,26H,4-7,14,16H2,1-3H3/q+1/t23-/m0/s1. The number of benzene rings is 2. The van der Waals surface area contributed by atoms with Crippen LogP contribution in [0.5, 0.6) is 17.2 Å². The second-order valence-electron chi connectivity index (χ2n) is 7.42. The monoisotopic (exact) mass is 397 g/mol. The first kappa shape index (κ1) is 19.6. The van der Waals surface area contributed by atoms with Gasteiger partial charge in [0.15, 0.2) is 18.0 Å². The van der Waals surface area contributed by atoms with Crippen LogP contribution in [-0.4, -0.2) is 49.4 Å². The smallest absolute Gasteiger partial charge is 0.271 e. The van der Waals surface area contributed by atoms with Crippen molar-refractivity contribution in [3.8, 4) is 17.2 Å². The number of aliphatic hydroxyl groups is 1. The number of β-amino-alcohol motifs (C(OH)–C–C–N with tert-alkyl or cyclic N) is 1. The fraction of sp³-hybridized carbons (Fsp3) is 0.435. The van der Waals surface area contributed by atoms with E-state index in [9.17, 15) is 5.11 Å². The Morgan fingerprint density at radius 3 is 2.48 bits per heavy atom. The third-order valence-electron chi connectivity index (χ3n) is 5.79. The van der Waals surface area contributed by atoms with Crippen LogP contribution in [0.4, 0.5) is 5.69 Å². The second kappa shape index (κ2) is 7.95. The van der Waals surface area contributed by atoms with Crippen LogP contribution in [0.3, 0.4) is 0 Å². The van der Waals surface area contributed by atoms with E-state index < -0.39 is 5.72 Å². The second-order valence-corrected chi connectivity index (χ2v) is 7.42. The van der Waals surface area contributed by atoms with Crippen molar-refractivity contribution < 1.29 is 23.9 Å². The van der Waals surface area contributed by atoms with Crippen LogP contribution in [0, 0.1) is 0 Å². The Morgan fingerprint density at radius 2 is 1.79 bits per heavy atom. The predicted molar refractivity (Wildman–Crippen MR) is 112 cm³/mol. The Kier molecular flexibility index (Phi) is 5.37. The van der Waals surface area contributed by atoms with Gasteiger partial charge in [-0.1, -0.05) is 0 Å². The number of amidine groups is 1. The molecule has 0 amide bonds. The predicted octanol–water partition coefficient (Wildman–Crippen LogP) is 3.36. The number of rotatable bonds is 6. The van der Waals surface area contributed by atoms with E-state index in [1.807, 2.05) is 37.3 Å². The summed E-state index contributed by atoms with van der Waals surface area (Å²) in [6.07, 6.45) is 3.14. The molecule has 2 aromatic rings. The maximum atomic E-state index is 11.9. The van der Waals surface area contributed by atoms with Gasteiger partial charge in [0.25, 0.3) is 11.6 Å². The molecular weight excluding hydrogens is 368 g/mol. The highest BCUT2D eigenvalue weighted by molar-refractivity contribution is 5.96. The highest BCUT2D eigenvalue weighted by atomic mass is 16.5. The summed E-state index contributed by atoms with van der Waals surface area (Å²) in [5.41, 5.74) is 0.753. The van der Waals surface area contributed by atoms with E-state index in [4.69, 9.17) is 14.2 Å². The van der Waals surface area contributed by atoms with Crippen molar-refractivity contribution in [3.05, 3.63) is 48.0 Å². The van der Waals surface area contributed by atoms with Crippen LogP contribution < -0.4 is 19.1 Å². The Bertz CT molecular complexity index is 910. The lowest BCUT2D eigenvalue weighted by atomic mass is 10.0. The lowest BCUT2D eigenvalue weighted by Crippen LogP contribution is -2.41. The molecule has 0 bridgehead atoms. The van der Waals surface area contributed by atoms with E-state index in [-0.39, 0.29) is 0 Å². The molecule has 0 fully saturated rings. The zero-order valence-corrected chi connectivity index (χ0v) is 17.4. The zero-order chi connectivity index (χ0) is 20.4. The van der Waals surface area contributed by atoms with E-state index in [0.717, 1.165) is 48.6 Å². The molecule has 2 aromatic carbocycles. The van der Waals surface area contributed by atoms with Crippen molar-refractivity contribution in [1.82, 2.24) is 0 Å². The van der Waals surface area contributed by atoms with Gasteiger partial charge in [0.2, 0.25) is 0 Å². The Morgan fingerprint density at radius 1 is 1.03 bits per heavy atom. The highest BCUT2D eigenvalue weighted by Crippen LogP contribution is 2.39. The number of methoxy groups -OCH3 is 2. The van der Waals surface area contributed by atoms with Gasteiger partial charge in [0, 0.05) is 12.0 Å². The molecule has 4 rings (SSSR count). The van der Waals surface area contributed by atoms with Crippen LogP contribution in [-0.2, 0) is 5.72 Å². The molecule has 6 nitrogen and oxygen atoms in total. The number of nitrogens with zero attached hydrogens (tertiary/aromatic N) is 2. The number of hydrogen-bond donors (Lipinski definition) is 1. The molecule has 6 heteroatoms. The first-order chi connectivity index (χ1) is 14.1. The lowest BCUT2D eigenvalue weighted by Gasteiger charge is -2.25. The van der Waals surface area contributed by atoms with E-state index in [0.29, 0.717) is 24.7 Å². The van der Waals surface area contributed by atoms with Gasteiger partial charge >= 0.3 is 0 Å². The van der Waals surface area contributed by atoms with Crippen molar-refractivity contribution in [2.75, 3.05) is 38.8 Å². The molecule has 2 aliphatic rings. The first-order valence-electron chi connectivity index (χ1n) is 10.2. The molecule has 154 valence electrons. The molecule has 1 atom stereocenters. The molecule has 1 N–H and O–H groups in total. The zero-order valence-electron chi connectivity index (χ0n) is 17.4. The summed E-state index contributed by atoms with van der Waals surface area (Å²) in [6, 6.07) is 13.8. The average molecular weight is 397 g/mol. The third-order valence-corrected chi connectivity index (χ3v) is 5.79. The van der Waals surface area contributed by atoms with Gasteiger partial charge in [-0.15, -0.1) is 0 Å². The van der Waals surface area contributed by atoms with Crippen LogP contribution in [0.15, 0.2) is 42.5 Å². The summed E-state index contributed by atoms with van der Waals surface area (Å²) < 4.78 is 18.6. The molecule has 0 spiro atoms. The Balaban J connectivity index is 1.73. The molecule has 0 unspecified atom stereocenters. The summed E-state index contributed by atoms with van der Waals surface area (Å²) in [5.74, 6) is 3.30. The summed E-state index contributed by atoms with van der Waals surface area (Å²) in [4.78, 5) is 2.23. The van der Waals surface area contributed by atoms with Crippen molar-refractivity contribution in [3.63, 3.8) is 0 Å². The molecule has 0 saturated carbocycles. The third kappa shape index (κ3) is 3.42. The summed E-state index contributed by atoms with van der Waals surface area (Å²) in [7, 11) is 3.23. The largest absolute Gasteiger partial charge is 0.494 e. The molecular formula is C23H29N2O4+. The Labute approximate surface area is 171 Å². The van der Waals surface area contributed by atoms with Gasteiger partial charge in [0.1, 0.15) is 11.4 Å². The molecule has 0 radical (unpaired) electrons. The van der Waals surface area contributed by atoms with Crippen molar-refractivity contribution in [2.45, 2.75) is 31.9 Å². The van der Waals surface area contributed by atoms with E-state index in [1.54, 1.807) is 14.2 Å². The van der Waals surface area contributed by atoms with Crippen LogP contribution in [0.2, 0.25) is 0 Å². The number of hydrogen-bond acceptors (Lipinski definition) is 5. The summed E-state index contributed by atoms with van der Waals surface area (Å²) in [5, 5.41) is 11.9. The summed E-state index contributed by atoms with van der Waals surface area (Å²) >= 11 is 0. The topological polar surface area (TPSA) is 54.2 Å². The van der Waals surface area contributed by atoms with Gasteiger partial charge in [-0.05, 0) is 62.2 Å². The fourth-order valence-electron chi connectivity index (χ4n) is 4.35. The SMILES string of the molecule is CCOc1ccc(N2C[C@](O)(c3ccc(OC)c(OC)c3)[N+]3=C2CCCC3)cc1. The molecule has 2 heterocycles. The quantitative estimate of drug-likeness (QED) is 0.758. The number of anilines is 1. The number of ether oxygens (including phenoxy) is 3. The van der Waals surface area contributed by atoms with Gasteiger partial charge in [-0.25, -0.2) is 9.48 Å². The molecule has 29 heavy (non-hydrogen) atoms. The molecule has 0 saturated heterocycles. The van der Waals surface area contributed by atoms with Crippen molar-refractivity contribution >= 4 is 11.5 Å². The van der Waals surface area contributed by atoms with E-state index >= 15 is 0 Å². The average Bonchev–Trinajstić information content (AvgIpc) is 3.08. The van der Waals surface area contributed by atoms with E-state index in [1.165, 1.54) is 0 Å². The van der Waals surface area contributed by atoms with Gasteiger partial charge in [-0.3, -0.25) is 0 Å². The van der Waals surface area contributed by atoms with Gasteiger partial charge in [-0.2, -0.15) is 0 Å². The lowest BCUT2D eigenvalue weighted by molar-refractivity contribution is -0.661. The van der Waals surface area contributed by atoms with Crippen molar-refractivity contribution in [1.29, 1.82) is 0 Å². The van der Waals surface area contributed by atoms with E-state index in [2.05, 4.69) is 21.6 Å². The van der Waals surface area contributed by atoms with Crippen molar-refractivity contribution in [2.24, 2.45) is 0 Å². The Hall–Kier alpha value is -2.73. The minimum Gasteiger partial charge on any atom is -0.494 e. The van der Waals surface area contributed by atoms with Crippen LogP contribution in [0.25, 0.3) is 0 Å². The van der Waals surface area contributed by atoms with Crippen LogP contribution in [0.1, 0.15) is 31.7 Å². The fourth-order valence-corrected chi connectivity index (χ4v) is 4.35. The molecule has 2 aliphatic heterocycles. The normalized spacial score (nSPS) is 21.2. The highest BCUT2D eigenvalue weighted by Gasteiger charge is 2.52.